The van der Waals surface area contributed by atoms with E-state index in [1.807, 2.05) is 13.2 Å². The Morgan fingerprint density at radius 3 is 2.26 bits per heavy atom. The van der Waals surface area contributed by atoms with Gasteiger partial charge in [0.15, 0.2) is 0 Å². The Balaban J connectivity index is 2.46. The van der Waals surface area contributed by atoms with Crippen LogP contribution in [-0.4, -0.2) is 12.0 Å². The molecular formula is C17H22N2. The molecule has 100 valence electrons. The van der Waals surface area contributed by atoms with Crippen LogP contribution in [0, 0.1) is 27.7 Å². The topological polar surface area (TPSA) is 24.9 Å². The third-order valence-corrected chi connectivity index (χ3v) is 3.68. The molecule has 1 atom stereocenters. The molecule has 0 fully saturated rings. The molecule has 1 heterocycles. The first-order valence-corrected chi connectivity index (χ1v) is 6.70. The highest BCUT2D eigenvalue weighted by molar-refractivity contribution is 5.38. The van der Waals surface area contributed by atoms with E-state index in [0.29, 0.717) is 0 Å². The van der Waals surface area contributed by atoms with Crippen molar-refractivity contribution in [2.24, 2.45) is 0 Å². The maximum Gasteiger partial charge on any atom is 0.0751 e. The summed E-state index contributed by atoms with van der Waals surface area (Å²) in [6, 6.07) is 8.95. The summed E-state index contributed by atoms with van der Waals surface area (Å²) in [7, 11) is 1.99. The smallest absolute Gasteiger partial charge is 0.0751 e. The van der Waals surface area contributed by atoms with Gasteiger partial charge in [0.05, 0.1) is 11.7 Å². The second kappa shape index (κ2) is 5.54. The highest BCUT2D eigenvalue weighted by Crippen LogP contribution is 2.24. The van der Waals surface area contributed by atoms with E-state index in [1.54, 1.807) is 0 Å². The van der Waals surface area contributed by atoms with Crippen LogP contribution >= 0.6 is 0 Å². The van der Waals surface area contributed by atoms with Gasteiger partial charge in [0.25, 0.3) is 0 Å². The lowest BCUT2D eigenvalue weighted by Crippen LogP contribution is -2.20. The van der Waals surface area contributed by atoms with Crippen molar-refractivity contribution >= 4 is 0 Å². The molecule has 0 aliphatic rings. The van der Waals surface area contributed by atoms with Crippen LogP contribution in [0.15, 0.2) is 30.5 Å². The summed E-state index contributed by atoms with van der Waals surface area (Å²) in [5.41, 5.74) is 7.46. The monoisotopic (exact) mass is 254 g/mol. The van der Waals surface area contributed by atoms with Crippen molar-refractivity contribution in [3.8, 4) is 0 Å². The quantitative estimate of drug-likeness (QED) is 0.905. The van der Waals surface area contributed by atoms with E-state index >= 15 is 0 Å². The Kier molecular flexibility index (Phi) is 4.01. The Morgan fingerprint density at radius 2 is 1.68 bits per heavy atom. The zero-order valence-electron chi connectivity index (χ0n) is 12.4. The van der Waals surface area contributed by atoms with Crippen molar-refractivity contribution < 1.29 is 0 Å². The number of benzene rings is 1. The van der Waals surface area contributed by atoms with E-state index in [-0.39, 0.29) is 6.04 Å². The first-order valence-electron chi connectivity index (χ1n) is 6.70. The van der Waals surface area contributed by atoms with Crippen molar-refractivity contribution in [3.05, 3.63) is 64.0 Å². The fourth-order valence-electron chi connectivity index (χ4n) is 2.43. The maximum atomic E-state index is 4.61. The van der Waals surface area contributed by atoms with Crippen LogP contribution in [0.5, 0.6) is 0 Å². The van der Waals surface area contributed by atoms with E-state index in [9.17, 15) is 0 Å². The predicted octanol–water partition coefficient (Wildman–Crippen LogP) is 3.62. The summed E-state index contributed by atoms with van der Waals surface area (Å²) >= 11 is 0. The summed E-state index contributed by atoms with van der Waals surface area (Å²) in [5, 5.41) is 3.38. The number of aryl methyl sites for hydroxylation is 4. The molecule has 0 spiro atoms. The third-order valence-electron chi connectivity index (χ3n) is 3.68. The van der Waals surface area contributed by atoms with Gasteiger partial charge in [-0.15, -0.1) is 0 Å². The average Bonchev–Trinajstić information content (AvgIpc) is 2.37. The van der Waals surface area contributed by atoms with Crippen LogP contribution in [0.25, 0.3) is 0 Å². The lowest BCUT2D eigenvalue weighted by Gasteiger charge is -2.19. The van der Waals surface area contributed by atoms with E-state index in [2.05, 4.69) is 62.3 Å². The van der Waals surface area contributed by atoms with E-state index in [0.717, 1.165) is 5.69 Å². The van der Waals surface area contributed by atoms with Crippen molar-refractivity contribution in [3.63, 3.8) is 0 Å². The molecule has 1 N–H and O–H groups in total. The number of hydrogen-bond donors (Lipinski definition) is 1. The minimum Gasteiger partial charge on any atom is -0.308 e. The van der Waals surface area contributed by atoms with Gasteiger partial charge in [-0.25, -0.2) is 0 Å². The van der Waals surface area contributed by atoms with Gasteiger partial charge in [-0.3, -0.25) is 4.98 Å². The first-order chi connectivity index (χ1) is 9.02. The number of rotatable bonds is 3. The zero-order chi connectivity index (χ0) is 14.0. The van der Waals surface area contributed by atoms with Gasteiger partial charge in [-0.1, -0.05) is 24.3 Å². The molecule has 19 heavy (non-hydrogen) atoms. The predicted molar refractivity (Wildman–Crippen MR) is 80.5 cm³/mol. The van der Waals surface area contributed by atoms with Crippen molar-refractivity contribution in [1.82, 2.24) is 10.3 Å². The molecule has 0 saturated heterocycles. The summed E-state index contributed by atoms with van der Waals surface area (Å²) in [6.45, 7) is 8.50. The number of nitrogens with one attached hydrogen (secondary N) is 1. The van der Waals surface area contributed by atoms with Crippen LogP contribution < -0.4 is 5.32 Å². The molecule has 1 aromatic carbocycles. The summed E-state index contributed by atoms with van der Waals surface area (Å²) in [5.74, 6) is 0. The van der Waals surface area contributed by atoms with Gasteiger partial charge < -0.3 is 5.32 Å². The number of aromatic nitrogens is 1. The van der Waals surface area contributed by atoms with E-state index in [1.165, 1.54) is 27.8 Å². The minimum absolute atomic E-state index is 0.153. The summed E-state index contributed by atoms with van der Waals surface area (Å²) in [6.07, 6.45) is 1.94. The van der Waals surface area contributed by atoms with E-state index < -0.39 is 0 Å². The fourth-order valence-corrected chi connectivity index (χ4v) is 2.43. The molecule has 0 saturated carbocycles. The Hall–Kier alpha value is -1.67. The fraction of sp³-hybridized carbons (Fsp3) is 0.353. The molecule has 0 aliphatic heterocycles. The summed E-state index contributed by atoms with van der Waals surface area (Å²) in [4.78, 5) is 4.61. The van der Waals surface area contributed by atoms with Crippen molar-refractivity contribution in [2.75, 3.05) is 7.05 Å². The molecule has 1 unspecified atom stereocenters. The van der Waals surface area contributed by atoms with Gasteiger partial charge in [-0.05, 0) is 62.6 Å². The van der Waals surface area contributed by atoms with Gasteiger partial charge in [-0.2, -0.15) is 0 Å². The zero-order valence-corrected chi connectivity index (χ0v) is 12.4. The molecule has 0 aliphatic carbocycles. The first kappa shape index (κ1) is 13.8. The third kappa shape index (κ3) is 2.85. The van der Waals surface area contributed by atoms with Crippen LogP contribution in [0.4, 0.5) is 0 Å². The minimum atomic E-state index is 0.153. The molecule has 0 bridgehead atoms. The van der Waals surface area contributed by atoms with Crippen molar-refractivity contribution in [2.45, 2.75) is 33.7 Å². The second-order valence-electron chi connectivity index (χ2n) is 5.28. The van der Waals surface area contributed by atoms with E-state index in [4.69, 9.17) is 0 Å². The Labute approximate surface area is 115 Å². The normalized spacial score (nSPS) is 12.5. The molecule has 0 radical (unpaired) electrons. The Bertz CT molecular complexity index is 588. The molecule has 2 heteroatoms. The van der Waals surface area contributed by atoms with Gasteiger partial charge in [0, 0.05) is 6.20 Å². The highest BCUT2D eigenvalue weighted by Gasteiger charge is 2.16. The van der Waals surface area contributed by atoms with Crippen LogP contribution in [-0.2, 0) is 0 Å². The maximum absolute atomic E-state index is 4.61. The second-order valence-corrected chi connectivity index (χ2v) is 5.28. The standard InChI is InChI=1S/C17H22N2/c1-11-8-14(4)16(19-10-11)17(18-5)15-7-6-12(2)13(3)9-15/h6-10,17-18H,1-5H3. The van der Waals surface area contributed by atoms with Crippen LogP contribution in [0.1, 0.15) is 39.6 Å². The number of pyridine rings is 1. The number of hydrogen-bond acceptors (Lipinski definition) is 2. The van der Waals surface area contributed by atoms with Crippen molar-refractivity contribution in [1.29, 1.82) is 0 Å². The lowest BCUT2D eigenvalue weighted by atomic mass is 9.96. The number of nitrogens with zero attached hydrogens (tertiary/aromatic N) is 1. The molecular weight excluding hydrogens is 232 g/mol. The average molecular weight is 254 g/mol. The lowest BCUT2D eigenvalue weighted by molar-refractivity contribution is 0.664. The SMILES string of the molecule is CNC(c1ccc(C)c(C)c1)c1ncc(C)cc1C. The molecule has 2 aromatic rings. The van der Waals surface area contributed by atoms with Crippen LogP contribution in [0.2, 0.25) is 0 Å². The Morgan fingerprint density at radius 1 is 0.947 bits per heavy atom. The molecule has 1 aromatic heterocycles. The van der Waals surface area contributed by atoms with Crippen LogP contribution in [0.3, 0.4) is 0 Å². The van der Waals surface area contributed by atoms with Gasteiger partial charge >= 0.3 is 0 Å². The molecule has 2 rings (SSSR count). The largest absolute Gasteiger partial charge is 0.308 e. The molecule has 0 amide bonds. The summed E-state index contributed by atoms with van der Waals surface area (Å²) < 4.78 is 0. The highest BCUT2D eigenvalue weighted by atomic mass is 14.9. The molecule has 2 nitrogen and oxygen atoms in total. The van der Waals surface area contributed by atoms with Gasteiger partial charge in [0.2, 0.25) is 0 Å². The van der Waals surface area contributed by atoms with Gasteiger partial charge in [0.1, 0.15) is 0 Å².